The fourth-order valence-electron chi connectivity index (χ4n) is 5.77. The number of amides is 1. The third-order valence-corrected chi connectivity index (χ3v) is 9.65. The van der Waals surface area contributed by atoms with Crippen LogP contribution in [0.2, 0.25) is 10.0 Å². The molecule has 73 heavy (non-hydrogen) atoms. The minimum atomic E-state index is -5.27. The average molecular weight is 1060 g/mol. The zero-order valence-corrected chi connectivity index (χ0v) is 38.5. The first-order valence-corrected chi connectivity index (χ1v) is 20.4. The first-order valence-electron chi connectivity index (χ1n) is 19.7. The number of anilines is 3. The molecule has 0 aliphatic heterocycles. The number of aromatic amines is 1. The van der Waals surface area contributed by atoms with Crippen molar-refractivity contribution in [2.45, 2.75) is 12.4 Å². The van der Waals surface area contributed by atoms with Crippen LogP contribution < -0.4 is 20.1 Å². The number of fused-ring (bicyclic) bond motifs is 1. The Bertz CT molecular complexity index is 3230. The lowest BCUT2D eigenvalue weighted by Gasteiger charge is -2.14. The van der Waals surface area contributed by atoms with Crippen LogP contribution in [-0.2, 0) is 31.4 Å². The molecule has 7 rings (SSSR count). The lowest BCUT2D eigenvalue weighted by molar-refractivity contribution is -0.392. The van der Waals surface area contributed by atoms with Crippen LogP contribution >= 0.6 is 23.2 Å². The van der Waals surface area contributed by atoms with Gasteiger partial charge in [0.05, 0.1) is 76.3 Å². The van der Waals surface area contributed by atoms with Crippen LogP contribution in [0.1, 0.15) is 22.3 Å². The molecule has 0 unspecified atom stereocenters. The molecule has 21 nitrogen and oxygen atoms in total. The van der Waals surface area contributed by atoms with Crippen LogP contribution in [0.3, 0.4) is 0 Å². The lowest BCUT2D eigenvalue weighted by Crippen LogP contribution is -2.12. The van der Waals surface area contributed by atoms with E-state index in [0.29, 0.717) is 34.6 Å². The zero-order chi connectivity index (χ0) is 53.6. The Morgan fingerprint density at radius 2 is 1.44 bits per heavy atom. The monoisotopic (exact) mass is 1060 g/mol. The van der Waals surface area contributed by atoms with E-state index in [1.165, 1.54) is 40.0 Å². The number of carbonyl (C=O) groups excluding carboxylic acids is 2. The van der Waals surface area contributed by atoms with Gasteiger partial charge in [0.2, 0.25) is 17.7 Å². The molecule has 3 heterocycles. The van der Waals surface area contributed by atoms with E-state index >= 15 is 0 Å². The van der Waals surface area contributed by atoms with E-state index in [0.717, 1.165) is 11.0 Å². The number of nitrogens with one attached hydrogen (secondary N) is 3. The summed E-state index contributed by atoms with van der Waals surface area (Å²) in [6, 6.07) is 25.0. The van der Waals surface area contributed by atoms with Crippen LogP contribution in [0.15, 0.2) is 110 Å². The second-order valence-corrected chi connectivity index (χ2v) is 14.4. The summed E-state index contributed by atoms with van der Waals surface area (Å²) in [7, 11) is 4.01. The highest BCUT2D eigenvalue weighted by atomic mass is 35.5. The lowest BCUT2D eigenvalue weighted by atomic mass is 10.1. The number of imidazole rings is 1. The second kappa shape index (κ2) is 24.0. The van der Waals surface area contributed by atoms with Gasteiger partial charge in [0, 0.05) is 17.8 Å². The molecule has 0 fully saturated rings. The van der Waals surface area contributed by atoms with E-state index in [1.54, 1.807) is 48.5 Å². The van der Waals surface area contributed by atoms with Crippen molar-refractivity contribution in [3.8, 4) is 29.3 Å². The summed E-state index contributed by atoms with van der Waals surface area (Å²) in [5.74, 6) is 0.186. The molecule has 3 N–H and O–H groups in total. The van der Waals surface area contributed by atoms with Gasteiger partial charge in [-0.1, -0.05) is 65.7 Å². The maximum atomic E-state index is 13.0. The van der Waals surface area contributed by atoms with E-state index in [2.05, 4.69) is 41.0 Å². The molecule has 4 aromatic carbocycles. The predicted octanol–water partition coefficient (Wildman–Crippen LogP) is 11.8. The highest BCUT2D eigenvalue weighted by molar-refractivity contribution is 6.35. The molecule has 0 aliphatic carbocycles. The number of aromatic nitrogens is 5. The Morgan fingerprint density at radius 1 is 0.808 bits per heavy atom. The van der Waals surface area contributed by atoms with Gasteiger partial charge in [0.1, 0.15) is 40.3 Å². The maximum absolute atomic E-state index is 13.0. The second-order valence-electron chi connectivity index (χ2n) is 13.7. The van der Waals surface area contributed by atoms with Crippen molar-refractivity contribution < 1.29 is 69.5 Å². The van der Waals surface area contributed by atoms with Gasteiger partial charge in [0.25, 0.3) is 0 Å². The number of halogens is 8. The largest absolute Gasteiger partial charge is 0.503 e. The Balaban J connectivity index is 0.000000216. The van der Waals surface area contributed by atoms with Crippen LogP contribution in [0.25, 0.3) is 16.6 Å². The first kappa shape index (κ1) is 54.6. The number of alkyl halides is 6. The Morgan fingerprint density at radius 3 is 2.01 bits per heavy atom. The number of H-pyrrole nitrogens is 1. The minimum absolute atomic E-state index is 0.0599. The van der Waals surface area contributed by atoms with Crippen LogP contribution in [0.5, 0.6) is 23.3 Å². The number of hydrogen-bond acceptors (Lipinski definition) is 17. The minimum Gasteiger partial charge on any atom is -0.503 e. The van der Waals surface area contributed by atoms with Crippen molar-refractivity contribution >= 4 is 80.7 Å². The summed E-state index contributed by atoms with van der Waals surface area (Å²) in [4.78, 5) is 61.1. The van der Waals surface area contributed by atoms with E-state index in [1.807, 2.05) is 29.6 Å². The van der Waals surface area contributed by atoms with Crippen molar-refractivity contribution in [3.63, 3.8) is 0 Å². The highest BCUT2D eigenvalue weighted by Gasteiger charge is 2.42. The first-order chi connectivity index (χ1) is 34.6. The Labute approximate surface area is 415 Å². The number of carbonyl (C=O) groups is 2. The molecular weight excluding hydrogens is 1030 g/mol. The summed E-state index contributed by atoms with van der Waals surface area (Å²) in [6.45, 7) is 0. The molecular formula is C44H30Cl2F6N10O11. The van der Waals surface area contributed by atoms with Gasteiger partial charge in [-0.15, -0.1) is 0 Å². The number of nitro benzene ring substituents is 2. The quantitative estimate of drug-likeness (QED) is 0.0256. The molecule has 0 bridgehead atoms. The maximum Gasteiger partial charge on any atom is 0.418 e. The van der Waals surface area contributed by atoms with Crippen molar-refractivity contribution in [1.82, 2.24) is 24.9 Å². The number of para-hydroxylation sites is 4. The normalized spacial score (nSPS) is 11.1. The van der Waals surface area contributed by atoms with Gasteiger partial charge >= 0.3 is 35.8 Å². The number of pyridine rings is 1. The van der Waals surface area contributed by atoms with Crippen LogP contribution in [0, 0.1) is 31.6 Å². The SMILES string of the molecule is CO/C=C(/C(=O)OC)c1ccccc1Oc1cc(Oc2ccccc2C#N)ncn1.COC(=O)Nc1nc2ccccc2[nH]1.O=[N+]([O-])c1cc(C(F)(F)F)c(Cl)c([N+](=O)[O-])c1Nc1ncc(C(F)(F)F)cc1Cl. The number of nitriles is 1. The van der Waals surface area contributed by atoms with Gasteiger partial charge in [-0.3, -0.25) is 25.5 Å². The summed E-state index contributed by atoms with van der Waals surface area (Å²) < 4.78 is 103. The number of nitro groups is 2. The van der Waals surface area contributed by atoms with Crippen molar-refractivity contribution in [3.05, 3.63) is 162 Å². The van der Waals surface area contributed by atoms with E-state index in [9.17, 15) is 61.4 Å². The van der Waals surface area contributed by atoms with Gasteiger partial charge in [-0.2, -0.15) is 31.6 Å². The third-order valence-electron chi connectivity index (χ3n) is 8.98. The summed E-state index contributed by atoms with van der Waals surface area (Å²) in [6.07, 6.45) is -7.84. The molecule has 3 aromatic heterocycles. The number of ether oxygens (including phenoxy) is 5. The molecule has 0 aliphatic rings. The van der Waals surface area contributed by atoms with Gasteiger partial charge in [0.15, 0.2) is 5.69 Å². The van der Waals surface area contributed by atoms with E-state index in [4.69, 9.17) is 42.1 Å². The molecule has 29 heteroatoms. The summed E-state index contributed by atoms with van der Waals surface area (Å²) in [5, 5.41) is 33.8. The fraction of sp³-hybridized carbons (Fsp3) is 0.114. The smallest absolute Gasteiger partial charge is 0.418 e. The van der Waals surface area contributed by atoms with Crippen molar-refractivity contribution in [2.75, 3.05) is 32.0 Å². The number of benzene rings is 4. The number of nitrogens with zero attached hydrogens (tertiary/aromatic N) is 7. The summed E-state index contributed by atoms with van der Waals surface area (Å²) >= 11 is 11.1. The molecule has 1 amide bonds. The fourth-order valence-corrected chi connectivity index (χ4v) is 6.31. The van der Waals surface area contributed by atoms with E-state index < -0.39 is 78.3 Å². The molecule has 0 atom stereocenters. The van der Waals surface area contributed by atoms with Crippen LogP contribution in [0.4, 0.5) is 60.0 Å². The zero-order valence-electron chi connectivity index (χ0n) is 37.0. The molecule has 0 radical (unpaired) electrons. The van der Waals surface area contributed by atoms with Gasteiger partial charge in [-0.05, 0) is 36.4 Å². The molecule has 7 aromatic rings. The van der Waals surface area contributed by atoms with E-state index in [-0.39, 0.29) is 29.6 Å². The number of hydrogen-bond donors (Lipinski definition) is 3. The number of rotatable bonds is 12. The average Bonchev–Trinajstić information content (AvgIpc) is 3.76. The molecule has 0 saturated heterocycles. The van der Waals surface area contributed by atoms with Crippen molar-refractivity contribution in [2.24, 2.45) is 0 Å². The predicted molar refractivity (Wildman–Crippen MR) is 246 cm³/mol. The van der Waals surface area contributed by atoms with Gasteiger partial charge in [-0.25, -0.2) is 29.5 Å². The standard InChI is InChI=1S/C22H17N3O5.C13H4Cl2F6N4O4.C9H9N3O2/c1-27-13-17(22(26)28-2)16-8-4-6-10-19(16)30-21-11-20(24-14-25-21)29-18-9-5-3-7-15(18)12-23;14-6-1-4(12(16,17)18)3-22-11(6)23-9-7(24(26)27)2-5(13(19,20)21)8(15)10(9)25(28)29;1-14-9(13)12-8-10-6-4-2-3-5-7(6)11-8/h3-11,13-14H,1-2H3;1-3H,(H,22,23);2-5H,1H3,(H2,10,11,12,13)/b17-13+;;. The summed E-state index contributed by atoms with van der Waals surface area (Å²) in [5.41, 5.74) is -4.57. The topological polar surface area (TPSA) is 282 Å². The molecule has 0 spiro atoms. The number of esters is 1. The van der Waals surface area contributed by atoms with Crippen LogP contribution in [-0.4, -0.2) is 68.2 Å². The van der Waals surface area contributed by atoms with Crippen molar-refractivity contribution in [1.29, 1.82) is 5.26 Å². The Kier molecular flexibility index (Phi) is 18.0. The Hall–Kier alpha value is -9.29. The molecule has 0 saturated carbocycles. The molecule has 378 valence electrons. The third kappa shape index (κ3) is 14.2. The highest BCUT2D eigenvalue weighted by Crippen LogP contribution is 2.49. The van der Waals surface area contributed by atoms with Gasteiger partial charge < -0.3 is 34.0 Å². The number of methoxy groups -OCH3 is 3.